The molecule has 0 bridgehead atoms. The summed E-state index contributed by atoms with van der Waals surface area (Å²) in [6.45, 7) is 0. The van der Waals surface area contributed by atoms with Gasteiger partial charge in [-0.25, -0.2) is 0 Å². The van der Waals surface area contributed by atoms with Gasteiger partial charge in [-0.1, -0.05) is 11.6 Å². The van der Waals surface area contributed by atoms with Crippen molar-refractivity contribution in [3.63, 3.8) is 0 Å². The fraction of sp³-hybridized carbons (Fsp3) is 0. The average Bonchev–Trinajstić information content (AvgIpc) is 2.63. The van der Waals surface area contributed by atoms with Gasteiger partial charge in [0.15, 0.2) is 0 Å². The highest BCUT2D eigenvalue weighted by molar-refractivity contribution is 9.13. The van der Waals surface area contributed by atoms with Crippen molar-refractivity contribution in [2.24, 2.45) is 0 Å². The number of hydrogen-bond donors (Lipinski definition) is 1. The van der Waals surface area contributed by atoms with Crippen LogP contribution >= 0.6 is 70.7 Å². The van der Waals surface area contributed by atoms with Crippen molar-refractivity contribution >= 4 is 82.3 Å². The molecule has 7 heteroatoms. The zero-order valence-electron chi connectivity index (χ0n) is 8.64. The molecule has 1 heterocycles. The van der Waals surface area contributed by atoms with Crippen molar-refractivity contribution in [1.29, 1.82) is 0 Å². The first kappa shape index (κ1) is 14.5. The highest BCUT2D eigenvalue weighted by Gasteiger charge is 2.13. The molecule has 0 spiro atoms. The van der Waals surface area contributed by atoms with E-state index in [2.05, 4.69) is 53.1 Å². The number of hydrogen-bond acceptors (Lipinski definition) is 2. The van der Waals surface area contributed by atoms with Gasteiger partial charge in [-0.2, -0.15) is 0 Å². The van der Waals surface area contributed by atoms with Crippen LogP contribution < -0.4 is 5.32 Å². The van der Waals surface area contributed by atoms with E-state index in [4.69, 9.17) is 11.6 Å². The van der Waals surface area contributed by atoms with Gasteiger partial charge in [-0.05, 0) is 72.1 Å². The third-order valence-corrected chi connectivity index (χ3v) is 6.19. The second-order valence-corrected chi connectivity index (χ2v) is 7.83. The van der Waals surface area contributed by atoms with E-state index in [1.54, 1.807) is 24.3 Å². The van der Waals surface area contributed by atoms with Crippen molar-refractivity contribution in [2.45, 2.75) is 0 Å². The van der Waals surface area contributed by atoms with Crippen molar-refractivity contribution in [1.82, 2.24) is 0 Å². The number of carbonyl (C=O) groups is 1. The first-order valence-corrected chi connectivity index (χ1v) is 8.26. The van der Waals surface area contributed by atoms with Crippen LogP contribution in [-0.2, 0) is 0 Å². The van der Waals surface area contributed by atoms with Gasteiger partial charge >= 0.3 is 0 Å². The summed E-state index contributed by atoms with van der Waals surface area (Å²) in [5, 5.41) is 3.43. The van der Waals surface area contributed by atoms with Crippen LogP contribution in [0.3, 0.4) is 0 Å². The first-order chi connectivity index (χ1) is 8.47. The molecule has 0 aliphatic heterocycles. The normalized spacial score (nSPS) is 10.4. The number of carbonyl (C=O) groups excluding carboxylic acids is 1. The van der Waals surface area contributed by atoms with Crippen LogP contribution in [0.5, 0.6) is 0 Å². The Labute approximate surface area is 138 Å². The average molecular weight is 474 g/mol. The predicted molar refractivity (Wildman–Crippen MR) is 86.8 cm³/mol. The topological polar surface area (TPSA) is 29.1 Å². The molecule has 1 aromatic heterocycles. The fourth-order valence-electron chi connectivity index (χ4n) is 1.23. The minimum absolute atomic E-state index is 0.158. The Morgan fingerprint density at radius 1 is 1.17 bits per heavy atom. The number of anilines is 1. The van der Waals surface area contributed by atoms with E-state index in [0.717, 1.165) is 12.7 Å². The van der Waals surface area contributed by atoms with Crippen molar-refractivity contribution in [2.75, 3.05) is 5.32 Å². The summed E-state index contributed by atoms with van der Waals surface area (Å²) in [4.78, 5) is 12.6. The second-order valence-electron chi connectivity index (χ2n) is 3.31. The molecule has 0 fully saturated rings. The number of amides is 1. The van der Waals surface area contributed by atoms with Gasteiger partial charge in [0.25, 0.3) is 5.91 Å². The SMILES string of the molecule is O=C(Nc1ccc(Cl)cc1Br)c1cc(Br)c(Br)s1. The van der Waals surface area contributed by atoms with E-state index in [1.165, 1.54) is 11.3 Å². The quantitative estimate of drug-likeness (QED) is 0.574. The molecule has 0 aliphatic carbocycles. The molecule has 1 amide bonds. The lowest BCUT2D eigenvalue weighted by molar-refractivity contribution is 0.103. The summed E-state index contributed by atoms with van der Waals surface area (Å²) in [7, 11) is 0. The van der Waals surface area contributed by atoms with Crippen LogP contribution in [0.15, 0.2) is 37.0 Å². The monoisotopic (exact) mass is 471 g/mol. The molecule has 2 rings (SSSR count). The molecule has 0 saturated carbocycles. The number of benzene rings is 1. The van der Waals surface area contributed by atoms with Crippen molar-refractivity contribution < 1.29 is 4.79 Å². The molecular formula is C11H5Br3ClNOS. The van der Waals surface area contributed by atoms with Crippen LogP contribution in [0.1, 0.15) is 9.67 Å². The Morgan fingerprint density at radius 2 is 1.89 bits per heavy atom. The summed E-state index contributed by atoms with van der Waals surface area (Å²) in [6.07, 6.45) is 0. The second kappa shape index (κ2) is 6.05. The Morgan fingerprint density at radius 3 is 2.44 bits per heavy atom. The van der Waals surface area contributed by atoms with E-state index in [9.17, 15) is 4.79 Å². The zero-order chi connectivity index (χ0) is 13.3. The van der Waals surface area contributed by atoms with Gasteiger partial charge in [-0.15, -0.1) is 11.3 Å². The van der Waals surface area contributed by atoms with E-state index in [0.29, 0.717) is 15.6 Å². The third-order valence-electron chi connectivity index (χ3n) is 2.05. The van der Waals surface area contributed by atoms with Crippen molar-refractivity contribution in [3.8, 4) is 0 Å². The maximum atomic E-state index is 12.0. The van der Waals surface area contributed by atoms with E-state index in [-0.39, 0.29) is 5.91 Å². The lowest BCUT2D eigenvalue weighted by atomic mass is 10.3. The molecule has 2 nitrogen and oxygen atoms in total. The van der Waals surface area contributed by atoms with Crippen LogP contribution in [-0.4, -0.2) is 5.91 Å². The minimum Gasteiger partial charge on any atom is -0.320 e. The van der Waals surface area contributed by atoms with Crippen LogP contribution in [0.4, 0.5) is 5.69 Å². The van der Waals surface area contributed by atoms with Gasteiger partial charge < -0.3 is 5.32 Å². The maximum Gasteiger partial charge on any atom is 0.265 e. The van der Waals surface area contributed by atoms with Gasteiger partial charge in [0, 0.05) is 14.0 Å². The summed E-state index contributed by atoms with van der Waals surface area (Å²) < 4.78 is 2.51. The Bertz CT molecular complexity index is 595. The van der Waals surface area contributed by atoms with Crippen molar-refractivity contribution in [3.05, 3.63) is 46.9 Å². The Balaban J connectivity index is 2.21. The molecule has 0 saturated heterocycles. The zero-order valence-corrected chi connectivity index (χ0v) is 15.0. The Kier molecular flexibility index (Phi) is 4.88. The van der Waals surface area contributed by atoms with E-state index in [1.807, 2.05) is 0 Å². The number of thiophene rings is 1. The van der Waals surface area contributed by atoms with Gasteiger partial charge in [0.1, 0.15) is 0 Å². The Hall–Kier alpha value is 0.120. The molecule has 18 heavy (non-hydrogen) atoms. The molecular weight excluding hydrogens is 469 g/mol. The summed E-state index contributed by atoms with van der Waals surface area (Å²) in [5.41, 5.74) is 0.685. The van der Waals surface area contributed by atoms with Gasteiger partial charge in [0.2, 0.25) is 0 Å². The lowest BCUT2D eigenvalue weighted by Gasteiger charge is -2.06. The smallest absolute Gasteiger partial charge is 0.265 e. The van der Waals surface area contributed by atoms with Crippen LogP contribution in [0, 0.1) is 0 Å². The van der Waals surface area contributed by atoms with Gasteiger partial charge in [-0.3, -0.25) is 4.79 Å². The molecule has 1 N–H and O–H groups in total. The van der Waals surface area contributed by atoms with Gasteiger partial charge in [0.05, 0.1) is 14.4 Å². The highest BCUT2D eigenvalue weighted by Crippen LogP contribution is 2.33. The number of halogens is 4. The largest absolute Gasteiger partial charge is 0.320 e. The minimum atomic E-state index is -0.158. The first-order valence-electron chi connectivity index (χ1n) is 4.68. The molecule has 94 valence electrons. The van der Waals surface area contributed by atoms with E-state index >= 15 is 0 Å². The van der Waals surface area contributed by atoms with E-state index < -0.39 is 0 Å². The summed E-state index contributed by atoms with van der Waals surface area (Å²) in [6, 6.07) is 6.98. The summed E-state index contributed by atoms with van der Waals surface area (Å²) in [5.74, 6) is -0.158. The lowest BCUT2D eigenvalue weighted by Crippen LogP contribution is -2.10. The number of rotatable bonds is 2. The molecule has 0 unspecified atom stereocenters. The predicted octanol–water partition coefficient (Wildman–Crippen LogP) is 5.94. The third kappa shape index (κ3) is 3.36. The molecule has 1 aromatic carbocycles. The number of nitrogens with one attached hydrogen (secondary N) is 1. The molecule has 0 atom stereocenters. The van der Waals surface area contributed by atoms with Crippen LogP contribution in [0.2, 0.25) is 5.02 Å². The fourth-order valence-corrected chi connectivity index (χ4v) is 3.95. The highest BCUT2D eigenvalue weighted by atomic mass is 79.9. The van der Waals surface area contributed by atoms with Crippen LogP contribution in [0.25, 0.3) is 0 Å². The summed E-state index contributed by atoms with van der Waals surface area (Å²) >= 11 is 17.3. The molecule has 2 aromatic rings. The standard InChI is InChI=1S/C11H5Br3ClNOS/c12-6-3-5(15)1-2-8(6)16-11(17)9-4-7(13)10(14)18-9/h1-4H,(H,16,17). The molecule has 0 radical (unpaired) electrons. The molecule has 0 aliphatic rings. The maximum absolute atomic E-state index is 12.0.